The number of nitrogens with two attached hydrogens (primary N) is 1. The molecule has 2 unspecified atom stereocenters. The minimum absolute atomic E-state index is 0.117. The van der Waals surface area contributed by atoms with Gasteiger partial charge in [0.1, 0.15) is 0 Å². The van der Waals surface area contributed by atoms with Crippen LogP contribution in [0.5, 0.6) is 0 Å². The molecule has 3 rings (SSSR count). The van der Waals surface area contributed by atoms with E-state index in [1.807, 2.05) is 23.1 Å². The maximum atomic E-state index is 12.6. The van der Waals surface area contributed by atoms with Gasteiger partial charge in [-0.05, 0) is 44.5 Å². The topological polar surface area (TPSA) is 49.6 Å². The van der Waals surface area contributed by atoms with Crippen LogP contribution in [0.15, 0.2) is 24.3 Å². The van der Waals surface area contributed by atoms with Crippen LogP contribution in [0.25, 0.3) is 0 Å². The fourth-order valence-corrected chi connectivity index (χ4v) is 3.31. The number of fused-ring (bicyclic) bond motifs is 1. The van der Waals surface area contributed by atoms with Gasteiger partial charge in [-0.1, -0.05) is 6.07 Å². The first-order valence-corrected chi connectivity index (χ1v) is 7.05. The van der Waals surface area contributed by atoms with Crippen LogP contribution in [0.4, 0.5) is 5.69 Å². The molecule has 0 aromatic heterocycles. The Morgan fingerprint density at radius 2 is 2.21 bits per heavy atom. The van der Waals surface area contributed by atoms with Crippen LogP contribution < -0.4 is 5.73 Å². The van der Waals surface area contributed by atoms with E-state index < -0.39 is 0 Å². The van der Waals surface area contributed by atoms with Gasteiger partial charge in [-0.15, -0.1) is 0 Å². The van der Waals surface area contributed by atoms with Crippen LogP contribution in [-0.2, 0) is 0 Å². The van der Waals surface area contributed by atoms with Gasteiger partial charge in [-0.3, -0.25) is 9.69 Å². The molecule has 1 aromatic rings. The number of hydrogen-bond donors (Lipinski definition) is 1. The summed E-state index contributed by atoms with van der Waals surface area (Å²) in [5, 5.41) is 0. The van der Waals surface area contributed by atoms with Crippen LogP contribution in [-0.4, -0.2) is 47.4 Å². The molecule has 0 radical (unpaired) electrons. The molecule has 0 bridgehead atoms. The predicted molar refractivity (Wildman–Crippen MR) is 75.9 cm³/mol. The average molecular weight is 259 g/mol. The lowest BCUT2D eigenvalue weighted by atomic mass is 10.1. The van der Waals surface area contributed by atoms with Crippen molar-refractivity contribution in [3.63, 3.8) is 0 Å². The van der Waals surface area contributed by atoms with E-state index in [1.165, 1.54) is 19.4 Å². The molecule has 2 aliphatic rings. The molecule has 0 spiro atoms. The molecule has 4 heteroatoms. The Kier molecular flexibility index (Phi) is 3.19. The van der Waals surface area contributed by atoms with E-state index in [0.717, 1.165) is 13.1 Å². The zero-order valence-electron chi connectivity index (χ0n) is 11.4. The van der Waals surface area contributed by atoms with Gasteiger partial charge in [0.05, 0.1) is 0 Å². The predicted octanol–water partition coefficient (Wildman–Crippen LogP) is 1.58. The highest BCUT2D eigenvalue weighted by Crippen LogP contribution is 2.25. The van der Waals surface area contributed by atoms with Crippen molar-refractivity contribution in [1.29, 1.82) is 0 Å². The third-order valence-corrected chi connectivity index (χ3v) is 4.33. The number of nitrogens with zero attached hydrogens (tertiary/aromatic N) is 2. The van der Waals surface area contributed by atoms with Crippen molar-refractivity contribution in [2.24, 2.45) is 0 Å². The molecular weight excluding hydrogens is 238 g/mol. The highest BCUT2D eigenvalue weighted by Gasteiger charge is 2.36. The number of amides is 1. The van der Waals surface area contributed by atoms with E-state index in [9.17, 15) is 4.79 Å². The third-order valence-electron chi connectivity index (χ3n) is 4.33. The second kappa shape index (κ2) is 4.85. The molecule has 0 aliphatic carbocycles. The summed E-state index contributed by atoms with van der Waals surface area (Å²) in [6, 6.07) is 8.13. The number of anilines is 1. The normalized spacial score (nSPS) is 27.3. The summed E-state index contributed by atoms with van der Waals surface area (Å²) < 4.78 is 0. The maximum Gasteiger partial charge on any atom is 0.254 e. The summed E-state index contributed by atoms with van der Waals surface area (Å²) in [4.78, 5) is 17.1. The second-order valence-electron chi connectivity index (χ2n) is 5.72. The van der Waals surface area contributed by atoms with Crippen molar-refractivity contribution < 1.29 is 4.79 Å². The summed E-state index contributed by atoms with van der Waals surface area (Å²) in [6.45, 7) is 5.18. The summed E-state index contributed by atoms with van der Waals surface area (Å²) in [6.07, 6.45) is 2.48. The van der Waals surface area contributed by atoms with Crippen molar-refractivity contribution >= 4 is 11.6 Å². The van der Waals surface area contributed by atoms with Crippen molar-refractivity contribution in [3.8, 4) is 0 Å². The SMILES string of the molecule is CC1CN2CCCC2CN1C(=O)c1cccc(N)c1. The Hall–Kier alpha value is -1.55. The van der Waals surface area contributed by atoms with E-state index in [-0.39, 0.29) is 11.9 Å². The highest BCUT2D eigenvalue weighted by atomic mass is 16.2. The molecule has 2 N–H and O–H groups in total. The second-order valence-corrected chi connectivity index (χ2v) is 5.72. The van der Waals surface area contributed by atoms with Gasteiger partial charge in [0, 0.05) is 36.4 Å². The van der Waals surface area contributed by atoms with Crippen LogP contribution in [0, 0.1) is 0 Å². The Balaban J connectivity index is 1.79. The van der Waals surface area contributed by atoms with Crippen LogP contribution in [0.3, 0.4) is 0 Å². The number of nitrogen functional groups attached to an aromatic ring is 1. The van der Waals surface area contributed by atoms with Gasteiger partial charge in [-0.2, -0.15) is 0 Å². The number of hydrogen-bond acceptors (Lipinski definition) is 3. The first-order chi connectivity index (χ1) is 9.15. The van der Waals surface area contributed by atoms with E-state index in [2.05, 4.69) is 11.8 Å². The largest absolute Gasteiger partial charge is 0.399 e. The van der Waals surface area contributed by atoms with Crippen molar-refractivity contribution in [3.05, 3.63) is 29.8 Å². The molecule has 2 atom stereocenters. The van der Waals surface area contributed by atoms with Crippen LogP contribution >= 0.6 is 0 Å². The average Bonchev–Trinajstić information content (AvgIpc) is 2.84. The van der Waals surface area contributed by atoms with Gasteiger partial charge in [-0.25, -0.2) is 0 Å². The molecule has 0 saturated carbocycles. The smallest absolute Gasteiger partial charge is 0.254 e. The molecule has 1 aromatic carbocycles. The number of piperazine rings is 1. The monoisotopic (exact) mass is 259 g/mol. The van der Waals surface area contributed by atoms with Crippen molar-refractivity contribution in [1.82, 2.24) is 9.80 Å². The highest BCUT2D eigenvalue weighted by molar-refractivity contribution is 5.95. The number of benzene rings is 1. The van der Waals surface area contributed by atoms with Gasteiger partial charge in [0.25, 0.3) is 5.91 Å². The Morgan fingerprint density at radius 3 is 3.00 bits per heavy atom. The van der Waals surface area contributed by atoms with E-state index in [1.54, 1.807) is 6.07 Å². The lowest BCUT2D eigenvalue weighted by Crippen LogP contribution is -2.56. The Bertz CT molecular complexity index is 488. The molecule has 4 nitrogen and oxygen atoms in total. The standard InChI is InChI=1S/C15H21N3O/c1-11-9-17-7-3-6-14(17)10-18(11)15(19)12-4-2-5-13(16)8-12/h2,4-5,8,11,14H,3,6-7,9-10,16H2,1H3. The van der Waals surface area contributed by atoms with Crippen molar-refractivity contribution in [2.75, 3.05) is 25.4 Å². The lowest BCUT2D eigenvalue weighted by molar-refractivity contribution is 0.0395. The van der Waals surface area contributed by atoms with Gasteiger partial charge < -0.3 is 10.6 Å². The zero-order chi connectivity index (χ0) is 13.4. The molecule has 2 heterocycles. The van der Waals surface area contributed by atoms with Gasteiger partial charge in [0.15, 0.2) is 0 Å². The Morgan fingerprint density at radius 1 is 1.37 bits per heavy atom. The summed E-state index contributed by atoms with van der Waals surface area (Å²) >= 11 is 0. The molecule has 2 saturated heterocycles. The zero-order valence-corrected chi connectivity index (χ0v) is 11.4. The minimum atomic E-state index is 0.117. The van der Waals surface area contributed by atoms with E-state index in [0.29, 0.717) is 17.3 Å². The first-order valence-electron chi connectivity index (χ1n) is 7.05. The number of rotatable bonds is 1. The van der Waals surface area contributed by atoms with Crippen molar-refractivity contribution in [2.45, 2.75) is 31.8 Å². The molecular formula is C15H21N3O. The summed E-state index contributed by atoms with van der Waals surface area (Å²) in [5.74, 6) is 0.117. The quantitative estimate of drug-likeness (QED) is 0.779. The minimum Gasteiger partial charge on any atom is -0.399 e. The van der Waals surface area contributed by atoms with E-state index in [4.69, 9.17) is 5.73 Å². The summed E-state index contributed by atoms with van der Waals surface area (Å²) in [5.41, 5.74) is 7.12. The molecule has 1 amide bonds. The molecule has 102 valence electrons. The van der Waals surface area contributed by atoms with E-state index >= 15 is 0 Å². The molecule has 2 aliphatic heterocycles. The van der Waals surface area contributed by atoms with Crippen LogP contribution in [0.1, 0.15) is 30.1 Å². The lowest BCUT2D eigenvalue weighted by Gasteiger charge is -2.42. The fourth-order valence-electron chi connectivity index (χ4n) is 3.31. The number of carbonyl (C=O) groups excluding carboxylic acids is 1. The van der Waals surface area contributed by atoms with Gasteiger partial charge in [0.2, 0.25) is 0 Å². The number of carbonyl (C=O) groups is 1. The molecule has 2 fully saturated rings. The van der Waals surface area contributed by atoms with Gasteiger partial charge >= 0.3 is 0 Å². The first kappa shape index (κ1) is 12.5. The Labute approximate surface area is 114 Å². The third kappa shape index (κ3) is 2.32. The maximum absolute atomic E-state index is 12.6. The fraction of sp³-hybridized carbons (Fsp3) is 0.533. The van der Waals surface area contributed by atoms with Crippen LogP contribution in [0.2, 0.25) is 0 Å². The summed E-state index contributed by atoms with van der Waals surface area (Å²) in [7, 11) is 0. The molecule has 19 heavy (non-hydrogen) atoms.